The Bertz CT molecular complexity index is 975. The molecule has 0 fully saturated rings. The molecule has 0 aliphatic heterocycles. The maximum absolute atomic E-state index is 12.0. The first kappa shape index (κ1) is 20.9. The van der Waals surface area contributed by atoms with E-state index >= 15 is 0 Å². The van der Waals surface area contributed by atoms with Gasteiger partial charge in [0.15, 0.2) is 5.96 Å². The molecule has 0 saturated heterocycles. The number of aromatic amines is 1. The van der Waals surface area contributed by atoms with Gasteiger partial charge in [-0.05, 0) is 38.3 Å². The highest BCUT2D eigenvalue weighted by molar-refractivity contribution is 7.13. The fraction of sp³-hybridized carbons (Fsp3) is 0.381. The highest BCUT2D eigenvalue weighted by Gasteiger charge is 2.20. The number of fused-ring (bicyclic) bond motifs is 1. The van der Waals surface area contributed by atoms with E-state index in [-0.39, 0.29) is 12.0 Å². The van der Waals surface area contributed by atoms with Crippen molar-refractivity contribution in [1.82, 2.24) is 20.6 Å². The molecule has 0 spiro atoms. The highest BCUT2D eigenvalue weighted by Crippen LogP contribution is 2.24. The number of H-pyrrole nitrogens is 1. The Labute approximate surface area is 174 Å². The van der Waals surface area contributed by atoms with E-state index in [0.717, 1.165) is 23.5 Å². The van der Waals surface area contributed by atoms with Gasteiger partial charge in [-0.1, -0.05) is 18.2 Å². The number of aromatic nitrogens is 2. The fourth-order valence-electron chi connectivity index (χ4n) is 3.03. The first-order chi connectivity index (χ1) is 14.0. The van der Waals surface area contributed by atoms with E-state index in [1.807, 2.05) is 26.0 Å². The molecule has 0 saturated carbocycles. The molecule has 8 heteroatoms. The Kier molecular flexibility index (Phi) is 6.87. The third kappa shape index (κ3) is 5.14. The molecule has 7 nitrogen and oxygen atoms in total. The van der Waals surface area contributed by atoms with Crippen molar-refractivity contribution in [2.24, 2.45) is 4.99 Å². The van der Waals surface area contributed by atoms with Crippen LogP contribution in [0.15, 0.2) is 35.3 Å². The quantitative estimate of drug-likeness (QED) is 0.313. The largest absolute Gasteiger partial charge is 0.462 e. The number of carbonyl (C=O) groups excluding carboxylic acids is 1. The van der Waals surface area contributed by atoms with Gasteiger partial charge in [-0.3, -0.25) is 4.99 Å². The van der Waals surface area contributed by atoms with Crippen LogP contribution in [-0.4, -0.2) is 42.1 Å². The van der Waals surface area contributed by atoms with E-state index in [9.17, 15) is 4.79 Å². The molecule has 2 heterocycles. The lowest BCUT2D eigenvalue weighted by atomic mass is 10.2. The lowest BCUT2D eigenvalue weighted by Crippen LogP contribution is -2.39. The number of hydrogen-bond donors (Lipinski definition) is 3. The molecular formula is C21H27N5O2S. The van der Waals surface area contributed by atoms with Crippen molar-refractivity contribution in [1.29, 1.82) is 0 Å². The van der Waals surface area contributed by atoms with Crippen LogP contribution >= 0.6 is 11.3 Å². The lowest BCUT2D eigenvalue weighted by molar-refractivity contribution is 0.0531. The first-order valence-corrected chi connectivity index (χ1v) is 10.5. The van der Waals surface area contributed by atoms with Crippen molar-refractivity contribution >= 4 is 34.2 Å². The van der Waals surface area contributed by atoms with Crippen molar-refractivity contribution in [2.75, 3.05) is 20.2 Å². The summed E-state index contributed by atoms with van der Waals surface area (Å²) < 4.78 is 5.09. The number of nitrogens with zero attached hydrogens (tertiary/aromatic N) is 2. The maximum atomic E-state index is 12.0. The lowest BCUT2D eigenvalue weighted by Gasteiger charge is -2.16. The summed E-state index contributed by atoms with van der Waals surface area (Å²) in [5.74, 6) is 0.376. The van der Waals surface area contributed by atoms with E-state index in [1.54, 1.807) is 14.0 Å². The van der Waals surface area contributed by atoms with Crippen LogP contribution in [0.2, 0.25) is 0 Å². The second-order valence-corrected chi connectivity index (χ2v) is 7.71. The molecule has 1 atom stereocenters. The Balaban J connectivity index is 1.55. The average molecular weight is 414 g/mol. The normalized spacial score (nSPS) is 12.8. The summed E-state index contributed by atoms with van der Waals surface area (Å²) in [6, 6.07) is 10.3. The summed E-state index contributed by atoms with van der Waals surface area (Å²) >= 11 is 1.36. The Morgan fingerprint density at radius 1 is 1.38 bits per heavy atom. The molecule has 3 rings (SSSR count). The molecular weight excluding hydrogens is 386 g/mol. The molecule has 1 unspecified atom stereocenters. The molecule has 3 N–H and O–H groups in total. The molecule has 154 valence electrons. The number of aryl methyl sites for hydroxylation is 1. The van der Waals surface area contributed by atoms with Crippen molar-refractivity contribution < 1.29 is 9.53 Å². The molecule has 1 aromatic carbocycles. The molecule has 0 bridgehead atoms. The molecule has 0 aliphatic carbocycles. The molecule has 0 radical (unpaired) electrons. The zero-order chi connectivity index (χ0) is 20.8. The van der Waals surface area contributed by atoms with Gasteiger partial charge in [0.05, 0.1) is 18.3 Å². The number of para-hydroxylation sites is 1. The smallest absolute Gasteiger partial charge is 0.350 e. The number of rotatable bonds is 7. The van der Waals surface area contributed by atoms with Crippen molar-refractivity contribution in [3.63, 3.8) is 0 Å². The predicted octanol–water partition coefficient (Wildman–Crippen LogP) is 3.58. The number of thiazole rings is 1. The van der Waals surface area contributed by atoms with Gasteiger partial charge in [-0.2, -0.15) is 0 Å². The third-order valence-corrected chi connectivity index (χ3v) is 5.81. The van der Waals surface area contributed by atoms with Crippen molar-refractivity contribution in [3.8, 4) is 0 Å². The average Bonchev–Trinajstić information content (AvgIpc) is 3.30. The number of nitrogens with one attached hydrogen (secondary N) is 3. The van der Waals surface area contributed by atoms with Gasteiger partial charge in [0.1, 0.15) is 9.88 Å². The second kappa shape index (κ2) is 9.56. The Morgan fingerprint density at radius 2 is 2.17 bits per heavy atom. The predicted molar refractivity (Wildman–Crippen MR) is 118 cm³/mol. The minimum atomic E-state index is -0.318. The number of esters is 1. The summed E-state index contributed by atoms with van der Waals surface area (Å²) in [5, 5.41) is 8.70. The minimum absolute atomic E-state index is 0.0823. The third-order valence-electron chi connectivity index (χ3n) is 4.49. The fourth-order valence-corrected chi connectivity index (χ4v) is 4.00. The minimum Gasteiger partial charge on any atom is -0.462 e. The standard InChI is InChI=1S/C21H27N5O2S/c1-5-28-20(27)18-13(2)24-19(29-18)14(3)25-21(22-4)23-11-10-16-12-15-8-6-7-9-17(15)26-16/h6-9,12,14,26H,5,10-11H2,1-4H3,(H2,22,23,25). The van der Waals surface area contributed by atoms with Crippen LogP contribution in [0.5, 0.6) is 0 Å². The number of ether oxygens (including phenoxy) is 1. The number of aliphatic imine (C=N–C) groups is 1. The number of guanidine groups is 1. The summed E-state index contributed by atoms with van der Waals surface area (Å²) in [5.41, 5.74) is 3.02. The van der Waals surface area contributed by atoms with Crippen LogP contribution in [-0.2, 0) is 11.2 Å². The van der Waals surface area contributed by atoms with Crippen molar-refractivity contribution in [2.45, 2.75) is 33.2 Å². The second-order valence-electron chi connectivity index (χ2n) is 6.68. The summed E-state index contributed by atoms with van der Waals surface area (Å²) in [6.45, 7) is 6.71. The van der Waals surface area contributed by atoms with Crippen molar-refractivity contribution in [3.05, 3.63) is 51.6 Å². The Morgan fingerprint density at radius 3 is 2.90 bits per heavy atom. The summed E-state index contributed by atoms with van der Waals surface area (Å²) in [7, 11) is 1.74. The number of carbonyl (C=O) groups is 1. The molecule has 0 amide bonds. The van der Waals surface area contributed by atoms with Crippen LogP contribution in [0, 0.1) is 6.92 Å². The molecule has 2 aromatic heterocycles. The molecule has 0 aliphatic rings. The monoisotopic (exact) mass is 413 g/mol. The first-order valence-electron chi connectivity index (χ1n) is 9.70. The van der Waals surface area contributed by atoms with E-state index in [2.05, 4.69) is 43.8 Å². The topological polar surface area (TPSA) is 91.4 Å². The van der Waals surface area contributed by atoms with Gasteiger partial charge in [0.25, 0.3) is 0 Å². The van der Waals surface area contributed by atoms with Crippen LogP contribution in [0.4, 0.5) is 0 Å². The van der Waals surface area contributed by atoms with Crippen LogP contribution in [0.1, 0.15) is 46.0 Å². The molecule has 3 aromatic rings. The summed E-state index contributed by atoms with van der Waals surface area (Å²) in [4.78, 5) is 24.8. The van der Waals surface area contributed by atoms with Gasteiger partial charge >= 0.3 is 5.97 Å². The van der Waals surface area contributed by atoms with Gasteiger partial charge < -0.3 is 20.4 Å². The summed E-state index contributed by atoms with van der Waals surface area (Å²) in [6.07, 6.45) is 0.854. The van der Waals surface area contributed by atoms with Crippen LogP contribution < -0.4 is 10.6 Å². The van der Waals surface area contributed by atoms with Crippen LogP contribution in [0.3, 0.4) is 0 Å². The zero-order valence-electron chi connectivity index (χ0n) is 17.2. The zero-order valence-corrected chi connectivity index (χ0v) is 18.0. The van der Waals surface area contributed by atoms with Gasteiger partial charge in [0.2, 0.25) is 0 Å². The Hall–Kier alpha value is -2.87. The SMILES string of the molecule is CCOC(=O)c1sc(C(C)NC(=NC)NCCc2cc3ccccc3[nH]2)nc1C. The van der Waals surface area contributed by atoms with Gasteiger partial charge in [0, 0.05) is 31.2 Å². The number of hydrogen-bond acceptors (Lipinski definition) is 5. The van der Waals surface area contributed by atoms with E-state index in [4.69, 9.17) is 4.74 Å². The van der Waals surface area contributed by atoms with E-state index < -0.39 is 0 Å². The number of benzene rings is 1. The van der Waals surface area contributed by atoms with E-state index in [1.165, 1.54) is 22.4 Å². The molecule has 29 heavy (non-hydrogen) atoms. The van der Waals surface area contributed by atoms with Crippen LogP contribution in [0.25, 0.3) is 10.9 Å². The highest BCUT2D eigenvalue weighted by atomic mass is 32.1. The van der Waals surface area contributed by atoms with Gasteiger partial charge in [-0.25, -0.2) is 9.78 Å². The maximum Gasteiger partial charge on any atom is 0.350 e. The van der Waals surface area contributed by atoms with Gasteiger partial charge in [-0.15, -0.1) is 11.3 Å². The van der Waals surface area contributed by atoms with E-state index in [0.29, 0.717) is 23.1 Å².